The second-order valence-corrected chi connectivity index (χ2v) is 21.8. The summed E-state index contributed by atoms with van der Waals surface area (Å²) in [6.07, 6.45) is 65.4. The van der Waals surface area contributed by atoms with Gasteiger partial charge in [-0.2, -0.15) is 0 Å². The number of hydrogen-bond donors (Lipinski definition) is 6. The molecule has 6 N–H and O–H groups in total. The molecule has 8 unspecified atom stereocenters. The smallest absolute Gasteiger partial charge is 0.306 e. The predicted octanol–water partition coefficient (Wildman–Crippen LogP) is 15.7. The highest BCUT2D eigenvalue weighted by Crippen LogP contribution is 2.26. The maximum absolute atomic E-state index is 13.4. The first-order chi connectivity index (χ1) is 39.2. The number of carbonyl (C=O) groups is 2. The van der Waals surface area contributed by atoms with Crippen LogP contribution in [0.2, 0.25) is 0 Å². The summed E-state index contributed by atoms with van der Waals surface area (Å²) in [7, 11) is 0. The van der Waals surface area contributed by atoms with Gasteiger partial charge in [0.15, 0.2) is 12.4 Å². The first-order valence-corrected chi connectivity index (χ1v) is 32.2. The molecule has 0 bridgehead atoms. The van der Waals surface area contributed by atoms with Gasteiger partial charge in [0, 0.05) is 6.42 Å². The van der Waals surface area contributed by atoms with Gasteiger partial charge in [-0.05, 0) is 109 Å². The van der Waals surface area contributed by atoms with Crippen LogP contribution >= 0.6 is 0 Å². The van der Waals surface area contributed by atoms with E-state index in [9.17, 15) is 35.1 Å². The number of unbranched alkanes of at least 4 members (excludes halogenated alkanes) is 23. The second-order valence-electron chi connectivity index (χ2n) is 21.8. The first kappa shape index (κ1) is 74.3. The molecular weight excluding hydrogens is 1000 g/mol. The van der Waals surface area contributed by atoms with Crippen molar-refractivity contribution in [3.05, 3.63) is 109 Å². The maximum atomic E-state index is 13.4. The molecular formula is C69H117NO10. The minimum atomic E-state index is -1.63. The Labute approximate surface area is 488 Å². The van der Waals surface area contributed by atoms with E-state index in [2.05, 4.69) is 123 Å². The van der Waals surface area contributed by atoms with Gasteiger partial charge in [-0.3, -0.25) is 9.59 Å². The van der Waals surface area contributed by atoms with E-state index in [0.29, 0.717) is 12.8 Å². The lowest BCUT2D eigenvalue weighted by Gasteiger charge is -2.41. The van der Waals surface area contributed by atoms with Crippen LogP contribution in [0.5, 0.6) is 0 Å². The summed E-state index contributed by atoms with van der Waals surface area (Å²) in [5.74, 6) is -1.23. The van der Waals surface area contributed by atoms with Crippen molar-refractivity contribution in [2.45, 2.75) is 301 Å². The van der Waals surface area contributed by atoms with Gasteiger partial charge in [0.1, 0.15) is 24.4 Å². The number of carbonyl (C=O) groups excluding carboxylic acids is 2. The molecule has 0 aromatic heterocycles. The summed E-state index contributed by atoms with van der Waals surface area (Å²) < 4.78 is 17.6. The molecule has 1 fully saturated rings. The van der Waals surface area contributed by atoms with Gasteiger partial charge >= 0.3 is 5.97 Å². The Kier molecular flexibility index (Phi) is 51.9. The molecule has 11 heteroatoms. The van der Waals surface area contributed by atoms with Crippen LogP contribution in [0.15, 0.2) is 109 Å². The number of amides is 1. The third kappa shape index (κ3) is 43.1. The van der Waals surface area contributed by atoms with Crippen LogP contribution in [-0.2, 0) is 23.8 Å². The molecule has 1 saturated heterocycles. The van der Waals surface area contributed by atoms with Gasteiger partial charge in [-0.25, -0.2) is 0 Å². The lowest BCUT2D eigenvalue weighted by Crippen LogP contribution is -2.61. The highest BCUT2D eigenvalue weighted by molar-refractivity contribution is 5.80. The zero-order valence-corrected chi connectivity index (χ0v) is 50.7. The van der Waals surface area contributed by atoms with Gasteiger partial charge in [0.05, 0.1) is 25.4 Å². The van der Waals surface area contributed by atoms with Crippen molar-refractivity contribution in [1.29, 1.82) is 0 Å². The summed E-state index contributed by atoms with van der Waals surface area (Å²) in [6, 6.07) is -1.05. The molecule has 1 heterocycles. The number of esters is 1. The standard InChI is InChI=1S/C69H117NO10/c1-4-7-10-13-16-19-22-25-27-29-30-31-32-33-35-36-38-41-44-47-50-53-56-62(73)68(77)70-60(61(72)55-52-49-46-43-40-24-21-18-15-12-9-6-3)59-78-69-67(66(76)65(75)63(58-71)79-69)80-64(74)57-54-51-48-45-42-39-37-34-28-26-23-20-17-14-11-8-5-2/h7,10,16-17,19-20,25-28,30-31,33,35,38,41,52,55,60-63,65-67,69,71-73,75-76H,4-6,8-9,11-15,18,21-24,29,32,34,36-37,39-40,42-51,53-54,56-59H2,1-3H3,(H,70,77)/b10-7-,19-16-,20-17-,27-25-,28-26-,31-30-,35-33-,41-38-,55-52+. The predicted molar refractivity (Wildman–Crippen MR) is 333 cm³/mol. The van der Waals surface area contributed by atoms with Gasteiger partial charge in [-0.15, -0.1) is 0 Å². The second kappa shape index (κ2) is 55.8. The molecule has 0 aromatic rings. The number of aliphatic hydroxyl groups excluding tert-OH is 5. The van der Waals surface area contributed by atoms with Crippen LogP contribution in [0.1, 0.15) is 252 Å². The molecule has 1 amide bonds. The van der Waals surface area contributed by atoms with E-state index in [1.807, 2.05) is 6.08 Å². The van der Waals surface area contributed by atoms with Gasteiger partial charge < -0.3 is 45.1 Å². The lowest BCUT2D eigenvalue weighted by atomic mass is 9.99. The van der Waals surface area contributed by atoms with Crippen LogP contribution in [0.3, 0.4) is 0 Å². The Morgan fingerprint density at radius 1 is 0.500 bits per heavy atom. The van der Waals surface area contributed by atoms with E-state index < -0.39 is 67.4 Å². The van der Waals surface area contributed by atoms with E-state index >= 15 is 0 Å². The third-order valence-electron chi connectivity index (χ3n) is 14.4. The average molecular weight is 1120 g/mol. The number of ether oxygens (including phenoxy) is 3. The molecule has 0 radical (unpaired) electrons. The SMILES string of the molecule is CC/C=C\C/C=C\C/C=C\C/C=C\C/C=C\C/C=C\CCCCCC(O)C(=O)NC(COC1OC(CO)C(O)C(O)C1OC(=O)CCCCCCCCC/C=C\C/C=C\CCCCC)C(O)/C=C/CCCCCCCCCCCC. The number of allylic oxidation sites excluding steroid dienone is 17. The van der Waals surface area contributed by atoms with E-state index in [1.165, 1.54) is 83.5 Å². The Hall–Kier alpha value is -3.68. The average Bonchev–Trinajstić information content (AvgIpc) is 3.48. The largest absolute Gasteiger partial charge is 0.454 e. The topological polar surface area (TPSA) is 175 Å². The Morgan fingerprint density at radius 2 is 0.900 bits per heavy atom. The fourth-order valence-electron chi connectivity index (χ4n) is 9.33. The number of aliphatic hydroxyl groups is 5. The van der Waals surface area contributed by atoms with Crippen molar-refractivity contribution in [2.24, 2.45) is 0 Å². The monoisotopic (exact) mass is 1120 g/mol. The summed E-state index contributed by atoms with van der Waals surface area (Å²) in [5, 5.41) is 57.0. The van der Waals surface area contributed by atoms with Crippen molar-refractivity contribution < 1.29 is 49.3 Å². The van der Waals surface area contributed by atoms with Crippen LogP contribution in [0.4, 0.5) is 0 Å². The van der Waals surface area contributed by atoms with Crippen molar-refractivity contribution in [1.82, 2.24) is 5.32 Å². The highest BCUT2D eigenvalue weighted by atomic mass is 16.7. The molecule has 0 saturated carbocycles. The molecule has 0 aromatic carbocycles. The maximum Gasteiger partial charge on any atom is 0.306 e. The normalized spacial score (nSPS) is 19.5. The van der Waals surface area contributed by atoms with E-state index in [-0.39, 0.29) is 19.4 Å². The molecule has 0 spiro atoms. The summed E-state index contributed by atoms with van der Waals surface area (Å²) in [6.45, 7) is 5.62. The Morgan fingerprint density at radius 3 is 1.38 bits per heavy atom. The first-order valence-electron chi connectivity index (χ1n) is 32.2. The number of rotatable bonds is 53. The minimum absolute atomic E-state index is 0.106. The van der Waals surface area contributed by atoms with Gasteiger partial charge in [0.2, 0.25) is 5.91 Å². The minimum Gasteiger partial charge on any atom is -0.454 e. The summed E-state index contributed by atoms with van der Waals surface area (Å²) >= 11 is 0. The zero-order chi connectivity index (χ0) is 58.2. The van der Waals surface area contributed by atoms with Crippen molar-refractivity contribution >= 4 is 11.9 Å². The van der Waals surface area contributed by atoms with Crippen molar-refractivity contribution in [3.63, 3.8) is 0 Å². The molecule has 0 aliphatic carbocycles. The van der Waals surface area contributed by atoms with Crippen LogP contribution in [0, 0.1) is 0 Å². The Bertz CT molecular complexity index is 1710. The molecule has 11 nitrogen and oxygen atoms in total. The van der Waals surface area contributed by atoms with E-state index in [0.717, 1.165) is 122 Å². The fourth-order valence-corrected chi connectivity index (χ4v) is 9.33. The van der Waals surface area contributed by atoms with Crippen molar-refractivity contribution in [2.75, 3.05) is 13.2 Å². The van der Waals surface area contributed by atoms with Crippen LogP contribution < -0.4 is 5.32 Å². The molecule has 1 aliphatic rings. The quantitative estimate of drug-likeness (QED) is 0.0195. The molecule has 80 heavy (non-hydrogen) atoms. The van der Waals surface area contributed by atoms with Gasteiger partial charge in [-0.1, -0.05) is 246 Å². The fraction of sp³-hybridized carbons (Fsp3) is 0.710. The summed E-state index contributed by atoms with van der Waals surface area (Å²) in [5.41, 5.74) is 0. The number of nitrogens with one attached hydrogen (secondary N) is 1. The lowest BCUT2D eigenvalue weighted by molar-refractivity contribution is -0.305. The van der Waals surface area contributed by atoms with E-state index in [4.69, 9.17) is 14.2 Å². The van der Waals surface area contributed by atoms with Crippen LogP contribution in [-0.4, -0.2) is 99.6 Å². The highest BCUT2D eigenvalue weighted by Gasteiger charge is 2.47. The van der Waals surface area contributed by atoms with Crippen molar-refractivity contribution in [3.8, 4) is 0 Å². The number of hydrogen-bond acceptors (Lipinski definition) is 10. The van der Waals surface area contributed by atoms with E-state index in [1.54, 1.807) is 6.08 Å². The van der Waals surface area contributed by atoms with Crippen LogP contribution in [0.25, 0.3) is 0 Å². The molecule has 458 valence electrons. The van der Waals surface area contributed by atoms with Gasteiger partial charge in [0.25, 0.3) is 0 Å². The Balaban J connectivity index is 2.69. The molecule has 1 rings (SSSR count). The third-order valence-corrected chi connectivity index (χ3v) is 14.4. The molecule has 8 atom stereocenters. The molecule has 1 aliphatic heterocycles. The summed E-state index contributed by atoms with van der Waals surface area (Å²) in [4.78, 5) is 26.6. The zero-order valence-electron chi connectivity index (χ0n) is 50.7.